The Morgan fingerprint density at radius 2 is 2.25 bits per heavy atom. The Hall–Kier alpha value is -0.800. The predicted molar refractivity (Wildman–Crippen MR) is 66.8 cm³/mol. The van der Waals surface area contributed by atoms with Crippen LogP contribution in [-0.4, -0.2) is 22.9 Å². The molecule has 0 aliphatic carbocycles. The molecule has 0 spiro atoms. The minimum Gasteiger partial charge on any atom is -0.385 e. The third-order valence-corrected chi connectivity index (χ3v) is 4.52. The van der Waals surface area contributed by atoms with Crippen molar-refractivity contribution in [1.29, 1.82) is 0 Å². The molecule has 0 bridgehead atoms. The minimum absolute atomic E-state index is 0.249. The Morgan fingerprint density at radius 1 is 1.50 bits per heavy atom. The van der Waals surface area contributed by atoms with Gasteiger partial charge in [-0.1, -0.05) is 24.3 Å². The van der Waals surface area contributed by atoms with Crippen molar-refractivity contribution in [1.82, 2.24) is 0 Å². The third kappa shape index (κ3) is 2.02. The molecule has 0 saturated carbocycles. The Balaban J connectivity index is 2.37. The number of thioether (sulfide) groups is 1. The molecule has 1 saturated heterocycles. The highest BCUT2D eigenvalue weighted by Gasteiger charge is 2.37. The first-order chi connectivity index (χ1) is 7.66. The molecule has 3 heteroatoms. The van der Waals surface area contributed by atoms with Gasteiger partial charge in [-0.25, -0.2) is 0 Å². The minimum atomic E-state index is -0.888. The Labute approximate surface area is 100 Å². The van der Waals surface area contributed by atoms with Gasteiger partial charge >= 0.3 is 0 Å². The molecule has 86 valence electrons. The molecule has 2 nitrogen and oxygen atoms in total. The molecule has 16 heavy (non-hydrogen) atoms. The van der Waals surface area contributed by atoms with Gasteiger partial charge < -0.3 is 5.11 Å². The zero-order valence-corrected chi connectivity index (χ0v) is 10.2. The number of hydrogen-bond donors (Lipinski definition) is 1. The summed E-state index contributed by atoms with van der Waals surface area (Å²) in [4.78, 5) is 11.0. The zero-order valence-electron chi connectivity index (χ0n) is 9.35. The van der Waals surface area contributed by atoms with Gasteiger partial charge in [-0.15, -0.1) is 0 Å². The largest absolute Gasteiger partial charge is 0.385 e. The van der Waals surface area contributed by atoms with Crippen molar-refractivity contribution < 1.29 is 9.90 Å². The summed E-state index contributed by atoms with van der Waals surface area (Å²) < 4.78 is 0. The molecule has 2 rings (SSSR count). The van der Waals surface area contributed by atoms with Crippen LogP contribution in [0.4, 0.5) is 0 Å². The van der Waals surface area contributed by atoms with Crippen molar-refractivity contribution in [3.8, 4) is 0 Å². The fraction of sp³-hybridized carbons (Fsp3) is 0.462. The Morgan fingerprint density at radius 3 is 2.88 bits per heavy atom. The highest BCUT2D eigenvalue weighted by Crippen LogP contribution is 2.39. The third-order valence-electron chi connectivity index (χ3n) is 3.36. The molecular formula is C13H16O2S. The summed E-state index contributed by atoms with van der Waals surface area (Å²) in [5.41, 5.74) is 0.475. The maximum absolute atomic E-state index is 11.0. The van der Waals surface area contributed by atoms with Crippen molar-refractivity contribution in [2.24, 2.45) is 5.92 Å². The van der Waals surface area contributed by atoms with Crippen LogP contribution in [0.25, 0.3) is 0 Å². The number of hydrogen-bond acceptors (Lipinski definition) is 3. The molecule has 2 atom stereocenters. The Bertz CT molecular complexity index is 381. The maximum Gasteiger partial charge on any atom is 0.150 e. The molecule has 1 fully saturated rings. The van der Waals surface area contributed by atoms with Gasteiger partial charge in [0.05, 0.1) is 5.60 Å². The maximum atomic E-state index is 11.0. The van der Waals surface area contributed by atoms with Gasteiger partial charge in [0.25, 0.3) is 0 Å². The summed E-state index contributed by atoms with van der Waals surface area (Å²) in [6, 6.07) is 7.32. The van der Waals surface area contributed by atoms with E-state index in [1.165, 1.54) is 0 Å². The van der Waals surface area contributed by atoms with E-state index in [4.69, 9.17) is 0 Å². The molecule has 0 radical (unpaired) electrons. The van der Waals surface area contributed by atoms with Crippen LogP contribution in [0.5, 0.6) is 0 Å². The van der Waals surface area contributed by atoms with Crippen LogP contribution in [0.15, 0.2) is 24.3 Å². The predicted octanol–water partition coefficient (Wildman–Crippen LogP) is 2.46. The van der Waals surface area contributed by atoms with Gasteiger partial charge in [0.2, 0.25) is 0 Å². The number of carbonyl (C=O) groups excluding carboxylic acids is 1. The first-order valence-corrected chi connectivity index (χ1v) is 6.66. The van der Waals surface area contributed by atoms with E-state index in [1.54, 1.807) is 6.07 Å². The van der Waals surface area contributed by atoms with Gasteiger partial charge in [0, 0.05) is 11.5 Å². The van der Waals surface area contributed by atoms with Crippen LogP contribution in [0.1, 0.15) is 29.3 Å². The SMILES string of the molecule is CC(O)(c1ccccc1C=O)C1CCSC1. The average molecular weight is 236 g/mol. The second-order valence-corrected chi connectivity index (χ2v) is 5.56. The van der Waals surface area contributed by atoms with E-state index in [9.17, 15) is 9.90 Å². The first kappa shape index (κ1) is 11.7. The van der Waals surface area contributed by atoms with E-state index in [2.05, 4.69) is 0 Å². The highest BCUT2D eigenvalue weighted by atomic mass is 32.2. The summed E-state index contributed by atoms with van der Waals surface area (Å²) in [6.07, 6.45) is 1.84. The van der Waals surface area contributed by atoms with E-state index >= 15 is 0 Å². The lowest BCUT2D eigenvalue weighted by atomic mass is 9.80. The normalized spacial score (nSPS) is 24.0. The lowest BCUT2D eigenvalue weighted by molar-refractivity contribution is 0.00420. The van der Waals surface area contributed by atoms with E-state index in [-0.39, 0.29) is 5.92 Å². The van der Waals surface area contributed by atoms with Crippen LogP contribution < -0.4 is 0 Å². The number of carbonyl (C=O) groups is 1. The summed E-state index contributed by atoms with van der Waals surface area (Å²) >= 11 is 1.87. The van der Waals surface area contributed by atoms with Crippen LogP contribution in [0.2, 0.25) is 0 Å². The molecule has 1 aliphatic heterocycles. The van der Waals surface area contributed by atoms with Crippen molar-refractivity contribution in [3.05, 3.63) is 35.4 Å². The van der Waals surface area contributed by atoms with Crippen LogP contribution >= 0.6 is 11.8 Å². The van der Waals surface area contributed by atoms with Gasteiger partial charge in [0.15, 0.2) is 0 Å². The standard InChI is InChI=1S/C13H16O2S/c1-13(15,11-6-7-16-9-11)12-5-3-2-4-10(12)8-14/h2-5,8,11,15H,6-7,9H2,1H3. The number of benzene rings is 1. The lowest BCUT2D eigenvalue weighted by Crippen LogP contribution is -2.32. The molecule has 2 unspecified atom stereocenters. The van der Waals surface area contributed by atoms with Crippen molar-refractivity contribution in [2.45, 2.75) is 18.9 Å². The summed E-state index contributed by atoms with van der Waals surface area (Å²) in [7, 11) is 0. The first-order valence-electron chi connectivity index (χ1n) is 5.51. The van der Waals surface area contributed by atoms with E-state index in [0.29, 0.717) is 5.56 Å². The topological polar surface area (TPSA) is 37.3 Å². The molecule has 1 aromatic rings. The van der Waals surface area contributed by atoms with Crippen LogP contribution in [-0.2, 0) is 5.60 Å². The molecule has 0 aromatic heterocycles. The van der Waals surface area contributed by atoms with Crippen molar-refractivity contribution >= 4 is 18.0 Å². The van der Waals surface area contributed by atoms with E-state index < -0.39 is 5.60 Å². The lowest BCUT2D eigenvalue weighted by Gasteiger charge is -2.31. The monoisotopic (exact) mass is 236 g/mol. The van der Waals surface area contributed by atoms with Crippen LogP contribution in [0, 0.1) is 5.92 Å². The smallest absolute Gasteiger partial charge is 0.150 e. The second-order valence-electron chi connectivity index (χ2n) is 4.41. The zero-order chi connectivity index (χ0) is 11.6. The number of aldehydes is 1. The summed E-state index contributed by atoms with van der Waals surface area (Å²) in [5, 5.41) is 10.6. The van der Waals surface area contributed by atoms with Gasteiger partial charge in [-0.2, -0.15) is 11.8 Å². The number of aliphatic hydroxyl groups is 1. The van der Waals surface area contributed by atoms with Crippen molar-refractivity contribution in [2.75, 3.05) is 11.5 Å². The van der Waals surface area contributed by atoms with Crippen LogP contribution in [0.3, 0.4) is 0 Å². The summed E-state index contributed by atoms with van der Waals surface area (Å²) in [6.45, 7) is 1.83. The van der Waals surface area contributed by atoms with E-state index in [0.717, 1.165) is 29.8 Å². The van der Waals surface area contributed by atoms with E-state index in [1.807, 2.05) is 36.9 Å². The fourth-order valence-corrected chi connectivity index (χ4v) is 3.65. The Kier molecular flexibility index (Phi) is 3.36. The molecule has 1 heterocycles. The molecule has 1 aliphatic rings. The molecule has 0 amide bonds. The molecule has 1 N–H and O–H groups in total. The molecule has 1 aromatic carbocycles. The highest BCUT2D eigenvalue weighted by molar-refractivity contribution is 7.99. The average Bonchev–Trinajstić information content (AvgIpc) is 2.83. The van der Waals surface area contributed by atoms with Gasteiger partial charge in [-0.3, -0.25) is 4.79 Å². The van der Waals surface area contributed by atoms with Gasteiger partial charge in [-0.05, 0) is 30.4 Å². The summed E-state index contributed by atoms with van der Waals surface area (Å²) in [5.74, 6) is 2.32. The number of rotatable bonds is 3. The van der Waals surface area contributed by atoms with Crippen molar-refractivity contribution in [3.63, 3.8) is 0 Å². The molecular weight excluding hydrogens is 220 g/mol. The fourth-order valence-electron chi connectivity index (χ4n) is 2.26. The van der Waals surface area contributed by atoms with Gasteiger partial charge in [0.1, 0.15) is 6.29 Å². The quantitative estimate of drug-likeness (QED) is 0.819. The second kappa shape index (κ2) is 4.60.